The highest BCUT2D eigenvalue weighted by atomic mass is 16.5. The lowest BCUT2D eigenvalue weighted by molar-refractivity contribution is -0.123. The first kappa shape index (κ1) is 27.3. The van der Waals surface area contributed by atoms with Gasteiger partial charge in [0.2, 0.25) is 5.91 Å². The highest BCUT2D eigenvalue weighted by molar-refractivity contribution is 5.98. The van der Waals surface area contributed by atoms with E-state index < -0.39 is 6.09 Å². The zero-order valence-corrected chi connectivity index (χ0v) is 21.6. The van der Waals surface area contributed by atoms with E-state index in [2.05, 4.69) is 43.3 Å². The molecule has 0 aromatic heterocycles. The lowest BCUT2D eigenvalue weighted by Crippen LogP contribution is -2.33. The lowest BCUT2D eigenvalue weighted by Gasteiger charge is -2.18. The molecular formula is C31H34N2O4. The van der Waals surface area contributed by atoms with E-state index in [0.29, 0.717) is 5.75 Å². The molecule has 1 N–H and O–H groups in total. The van der Waals surface area contributed by atoms with Gasteiger partial charge < -0.3 is 19.6 Å². The minimum absolute atomic E-state index is 0.113. The average molecular weight is 499 g/mol. The second-order valence-electron chi connectivity index (χ2n) is 8.68. The van der Waals surface area contributed by atoms with Gasteiger partial charge in [0.05, 0.1) is 6.54 Å². The van der Waals surface area contributed by atoms with Crippen LogP contribution in [0.5, 0.6) is 5.75 Å². The van der Waals surface area contributed by atoms with Crippen molar-refractivity contribution in [1.82, 2.24) is 9.80 Å². The van der Waals surface area contributed by atoms with Crippen LogP contribution in [-0.4, -0.2) is 60.7 Å². The monoisotopic (exact) mass is 498 g/mol. The standard InChI is InChI=1S/C31H34N2O4/c1-4-28(24-12-7-5-8-13-24)30(25-14-9-6-10-15-25)26-17-19-27(20-18-26)37-23-22-33(31(35)36)21-11-16-29(34)32(2)3/h5-20H,4,21-23H2,1-3H3,(H,35,36)/b16-11+,30-28-. The maximum Gasteiger partial charge on any atom is 0.407 e. The number of hydrogen-bond acceptors (Lipinski definition) is 3. The maximum atomic E-state index is 11.6. The molecule has 0 aliphatic carbocycles. The van der Waals surface area contributed by atoms with E-state index in [4.69, 9.17) is 4.74 Å². The Kier molecular flexibility index (Phi) is 10.1. The van der Waals surface area contributed by atoms with Crippen LogP contribution in [0.15, 0.2) is 97.1 Å². The Labute approximate surface area is 219 Å². The van der Waals surface area contributed by atoms with E-state index in [1.807, 2.05) is 48.5 Å². The molecule has 3 aromatic carbocycles. The summed E-state index contributed by atoms with van der Waals surface area (Å²) in [6.45, 7) is 2.66. The Morgan fingerprint density at radius 1 is 0.838 bits per heavy atom. The predicted octanol–water partition coefficient (Wildman–Crippen LogP) is 6.06. The first-order valence-corrected chi connectivity index (χ1v) is 12.3. The van der Waals surface area contributed by atoms with Crippen LogP contribution in [0.1, 0.15) is 30.0 Å². The lowest BCUT2D eigenvalue weighted by atomic mass is 9.88. The van der Waals surface area contributed by atoms with Gasteiger partial charge in [-0.3, -0.25) is 4.79 Å². The van der Waals surface area contributed by atoms with Crippen molar-refractivity contribution >= 4 is 23.1 Å². The zero-order chi connectivity index (χ0) is 26.6. The van der Waals surface area contributed by atoms with Crippen LogP contribution in [0.25, 0.3) is 11.1 Å². The van der Waals surface area contributed by atoms with Gasteiger partial charge >= 0.3 is 6.09 Å². The van der Waals surface area contributed by atoms with E-state index in [1.165, 1.54) is 32.6 Å². The van der Waals surface area contributed by atoms with Gasteiger partial charge in [0, 0.05) is 26.7 Å². The minimum atomic E-state index is -1.06. The zero-order valence-electron chi connectivity index (χ0n) is 21.6. The number of benzene rings is 3. The first-order chi connectivity index (χ1) is 17.9. The van der Waals surface area contributed by atoms with Crippen molar-refractivity contribution in [3.05, 3.63) is 114 Å². The number of allylic oxidation sites excluding steroid dienone is 1. The summed E-state index contributed by atoms with van der Waals surface area (Å²) in [6.07, 6.45) is 2.73. The molecule has 0 saturated carbocycles. The van der Waals surface area contributed by atoms with Crippen molar-refractivity contribution < 1.29 is 19.4 Å². The molecule has 192 valence electrons. The summed E-state index contributed by atoms with van der Waals surface area (Å²) in [7, 11) is 3.29. The Morgan fingerprint density at radius 3 is 1.95 bits per heavy atom. The molecule has 37 heavy (non-hydrogen) atoms. The highest BCUT2D eigenvalue weighted by Crippen LogP contribution is 2.34. The van der Waals surface area contributed by atoms with E-state index in [-0.39, 0.29) is 25.6 Å². The molecule has 6 heteroatoms. The van der Waals surface area contributed by atoms with Crippen LogP contribution >= 0.6 is 0 Å². The van der Waals surface area contributed by atoms with E-state index >= 15 is 0 Å². The van der Waals surface area contributed by atoms with Gasteiger partial charge in [-0.05, 0) is 46.4 Å². The largest absolute Gasteiger partial charge is 0.492 e. The molecule has 2 amide bonds. The fourth-order valence-corrected chi connectivity index (χ4v) is 3.97. The fourth-order valence-electron chi connectivity index (χ4n) is 3.97. The predicted molar refractivity (Wildman–Crippen MR) is 148 cm³/mol. The van der Waals surface area contributed by atoms with Gasteiger partial charge in [-0.1, -0.05) is 85.8 Å². The van der Waals surface area contributed by atoms with Crippen LogP contribution in [0.3, 0.4) is 0 Å². The molecule has 3 rings (SSSR count). The highest BCUT2D eigenvalue weighted by Gasteiger charge is 2.14. The van der Waals surface area contributed by atoms with Gasteiger partial charge in [-0.25, -0.2) is 4.79 Å². The van der Waals surface area contributed by atoms with E-state index in [0.717, 1.165) is 17.5 Å². The van der Waals surface area contributed by atoms with Crippen LogP contribution in [-0.2, 0) is 4.79 Å². The summed E-state index contributed by atoms with van der Waals surface area (Å²) in [4.78, 5) is 25.8. The van der Waals surface area contributed by atoms with Crippen LogP contribution in [0.2, 0.25) is 0 Å². The van der Waals surface area contributed by atoms with Gasteiger partial charge in [-0.2, -0.15) is 0 Å². The Morgan fingerprint density at radius 2 is 1.41 bits per heavy atom. The number of rotatable bonds is 11. The topological polar surface area (TPSA) is 70.1 Å². The molecule has 0 aliphatic heterocycles. The molecule has 0 bridgehead atoms. The molecule has 0 heterocycles. The molecule has 0 saturated heterocycles. The molecular weight excluding hydrogens is 464 g/mol. The summed E-state index contributed by atoms with van der Waals surface area (Å²) in [5.41, 5.74) is 5.87. The second kappa shape index (κ2) is 13.7. The minimum Gasteiger partial charge on any atom is -0.492 e. The molecule has 3 aromatic rings. The SMILES string of the molecule is CC/C(=C(\c1ccccc1)c1ccc(OCCN(C/C=C/C(=O)N(C)C)C(=O)O)cc1)c1ccccc1. The summed E-state index contributed by atoms with van der Waals surface area (Å²) < 4.78 is 5.84. The Hall–Kier alpha value is -4.32. The second-order valence-corrected chi connectivity index (χ2v) is 8.68. The van der Waals surface area contributed by atoms with Crippen molar-refractivity contribution in [2.24, 2.45) is 0 Å². The number of hydrogen-bond donors (Lipinski definition) is 1. The third-order valence-corrected chi connectivity index (χ3v) is 5.91. The number of carboxylic acid groups (broad SMARTS) is 1. The van der Waals surface area contributed by atoms with Crippen LogP contribution < -0.4 is 4.74 Å². The summed E-state index contributed by atoms with van der Waals surface area (Å²) >= 11 is 0. The number of carbonyl (C=O) groups excluding carboxylic acids is 1. The molecule has 0 atom stereocenters. The number of likely N-dealkylation sites (N-methyl/N-ethyl adjacent to an activating group) is 1. The molecule has 0 unspecified atom stereocenters. The first-order valence-electron chi connectivity index (χ1n) is 12.3. The van der Waals surface area contributed by atoms with Crippen LogP contribution in [0.4, 0.5) is 4.79 Å². The molecule has 0 radical (unpaired) electrons. The van der Waals surface area contributed by atoms with Crippen molar-refractivity contribution in [3.8, 4) is 5.75 Å². The third-order valence-electron chi connectivity index (χ3n) is 5.91. The Balaban J connectivity index is 1.74. The number of ether oxygens (including phenoxy) is 1. The van der Waals surface area contributed by atoms with Gasteiger partial charge in [0.1, 0.15) is 12.4 Å². The van der Waals surface area contributed by atoms with Gasteiger partial charge in [0.15, 0.2) is 0 Å². The summed E-state index contributed by atoms with van der Waals surface area (Å²) in [5.74, 6) is 0.474. The van der Waals surface area contributed by atoms with Crippen molar-refractivity contribution in [1.29, 1.82) is 0 Å². The molecule has 0 spiro atoms. The van der Waals surface area contributed by atoms with E-state index in [1.54, 1.807) is 20.2 Å². The average Bonchev–Trinajstić information content (AvgIpc) is 2.92. The fraction of sp³-hybridized carbons (Fsp3) is 0.226. The van der Waals surface area contributed by atoms with Crippen molar-refractivity contribution in [3.63, 3.8) is 0 Å². The molecule has 0 aliphatic rings. The van der Waals surface area contributed by atoms with E-state index in [9.17, 15) is 14.7 Å². The maximum absolute atomic E-state index is 11.6. The Bertz CT molecular complexity index is 1220. The van der Waals surface area contributed by atoms with Crippen molar-refractivity contribution in [2.75, 3.05) is 33.8 Å². The molecule has 6 nitrogen and oxygen atoms in total. The smallest absolute Gasteiger partial charge is 0.407 e. The number of nitrogens with zero attached hydrogens (tertiary/aromatic N) is 2. The number of amides is 2. The number of carbonyl (C=O) groups is 2. The van der Waals surface area contributed by atoms with Gasteiger partial charge in [-0.15, -0.1) is 0 Å². The normalized spacial score (nSPS) is 11.6. The van der Waals surface area contributed by atoms with Crippen molar-refractivity contribution in [2.45, 2.75) is 13.3 Å². The van der Waals surface area contributed by atoms with Crippen LogP contribution in [0, 0.1) is 0 Å². The quantitative estimate of drug-likeness (QED) is 0.258. The summed E-state index contributed by atoms with van der Waals surface area (Å²) in [5, 5.41) is 9.46. The van der Waals surface area contributed by atoms with Gasteiger partial charge in [0.25, 0.3) is 0 Å². The molecule has 0 fully saturated rings. The summed E-state index contributed by atoms with van der Waals surface area (Å²) in [6, 6.07) is 28.7. The third kappa shape index (κ3) is 7.84.